The first-order valence-electron chi connectivity index (χ1n) is 10.8. The first-order valence-corrected chi connectivity index (χ1v) is 10.8. The van der Waals surface area contributed by atoms with Gasteiger partial charge >= 0.3 is 0 Å². The second-order valence-corrected chi connectivity index (χ2v) is 8.05. The molecule has 172 valence electrons. The number of amides is 2. The predicted molar refractivity (Wildman–Crippen MR) is 113 cm³/mol. The number of rotatable bonds is 7. The van der Waals surface area contributed by atoms with Gasteiger partial charge in [-0.05, 0) is 31.4 Å². The van der Waals surface area contributed by atoms with Crippen LogP contribution in [-0.4, -0.2) is 84.4 Å². The average Bonchev–Trinajstić information content (AvgIpc) is 3.39. The van der Waals surface area contributed by atoms with Gasteiger partial charge in [-0.3, -0.25) is 14.5 Å². The SMILES string of the molecule is COCCNC(=O)CN1CCN(C(=O)c2nn(-c3ccc(F)c(F)c3)c3c2CCC3)CC1. The van der Waals surface area contributed by atoms with E-state index in [1.165, 1.54) is 6.07 Å². The maximum atomic E-state index is 13.8. The minimum atomic E-state index is -0.944. The van der Waals surface area contributed by atoms with Gasteiger partial charge in [-0.1, -0.05) is 0 Å². The summed E-state index contributed by atoms with van der Waals surface area (Å²) in [5.41, 5.74) is 2.56. The molecule has 1 aromatic carbocycles. The summed E-state index contributed by atoms with van der Waals surface area (Å²) in [4.78, 5) is 29.0. The van der Waals surface area contributed by atoms with Crippen molar-refractivity contribution in [3.63, 3.8) is 0 Å². The molecule has 0 saturated carbocycles. The number of fused-ring (bicyclic) bond motifs is 1. The third kappa shape index (κ3) is 4.66. The molecule has 0 radical (unpaired) electrons. The highest BCUT2D eigenvalue weighted by Crippen LogP contribution is 2.29. The van der Waals surface area contributed by atoms with Gasteiger partial charge < -0.3 is 15.0 Å². The Bertz CT molecular complexity index is 1000. The summed E-state index contributed by atoms with van der Waals surface area (Å²) >= 11 is 0. The maximum Gasteiger partial charge on any atom is 0.274 e. The number of hydrogen-bond acceptors (Lipinski definition) is 5. The molecule has 1 N–H and O–H groups in total. The number of benzene rings is 1. The molecule has 2 amide bonds. The Morgan fingerprint density at radius 3 is 2.62 bits per heavy atom. The summed E-state index contributed by atoms with van der Waals surface area (Å²) in [6.45, 7) is 3.40. The molecular weight excluding hydrogens is 420 g/mol. The molecule has 32 heavy (non-hydrogen) atoms. The highest BCUT2D eigenvalue weighted by molar-refractivity contribution is 5.94. The number of aromatic nitrogens is 2. The number of carbonyl (C=O) groups is 2. The van der Waals surface area contributed by atoms with Crippen LogP contribution in [0.5, 0.6) is 0 Å². The maximum absolute atomic E-state index is 13.8. The highest BCUT2D eigenvalue weighted by atomic mass is 19.2. The lowest BCUT2D eigenvalue weighted by atomic mass is 10.1. The minimum absolute atomic E-state index is 0.0649. The van der Waals surface area contributed by atoms with Crippen molar-refractivity contribution in [2.45, 2.75) is 19.3 Å². The van der Waals surface area contributed by atoms with Crippen molar-refractivity contribution in [1.29, 1.82) is 0 Å². The third-order valence-electron chi connectivity index (χ3n) is 5.94. The van der Waals surface area contributed by atoms with Gasteiger partial charge in [-0.25, -0.2) is 13.5 Å². The van der Waals surface area contributed by atoms with Crippen molar-refractivity contribution >= 4 is 11.8 Å². The Kier molecular flexibility index (Phi) is 6.80. The lowest BCUT2D eigenvalue weighted by Gasteiger charge is -2.34. The van der Waals surface area contributed by atoms with Crippen molar-refractivity contribution < 1.29 is 23.1 Å². The molecule has 4 rings (SSSR count). The van der Waals surface area contributed by atoms with E-state index in [-0.39, 0.29) is 18.4 Å². The normalized spacial score (nSPS) is 16.3. The topological polar surface area (TPSA) is 79.7 Å². The van der Waals surface area contributed by atoms with Crippen molar-refractivity contribution in [2.24, 2.45) is 0 Å². The first kappa shape index (κ1) is 22.3. The van der Waals surface area contributed by atoms with Crippen LogP contribution >= 0.6 is 0 Å². The molecular formula is C22H27F2N5O3. The molecule has 1 fully saturated rings. The number of methoxy groups -OCH3 is 1. The Hall–Kier alpha value is -2.85. The Labute approximate surface area is 185 Å². The van der Waals surface area contributed by atoms with Gasteiger partial charge in [0.1, 0.15) is 0 Å². The van der Waals surface area contributed by atoms with E-state index >= 15 is 0 Å². The molecule has 1 aromatic heterocycles. The Balaban J connectivity index is 1.42. The molecule has 0 spiro atoms. The van der Waals surface area contributed by atoms with Gasteiger partial charge in [0.15, 0.2) is 17.3 Å². The Morgan fingerprint density at radius 1 is 1.12 bits per heavy atom. The zero-order chi connectivity index (χ0) is 22.7. The van der Waals surface area contributed by atoms with Crippen molar-refractivity contribution in [2.75, 3.05) is 53.0 Å². The van der Waals surface area contributed by atoms with Gasteiger partial charge in [-0.15, -0.1) is 0 Å². The fourth-order valence-electron chi connectivity index (χ4n) is 4.25. The number of piperazine rings is 1. The number of halogens is 2. The molecule has 1 aliphatic carbocycles. The van der Waals surface area contributed by atoms with E-state index in [2.05, 4.69) is 10.4 Å². The van der Waals surface area contributed by atoms with E-state index < -0.39 is 11.6 Å². The van der Waals surface area contributed by atoms with Crippen molar-refractivity contribution in [3.05, 3.63) is 46.8 Å². The molecule has 2 heterocycles. The summed E-state index contributed by atoms with van der Waals surface area (Å²) in [5, 5.41) is 7.30. The number of hydrogen-bond donors (Lipinski definition) is 1. The van der Waals surface area contributed by atoms with Crippen molar-refractivity contribution in [3.8, 4) is 5.69 Å². The lowest BCUT2D eigenvalue weighted by Crippen LogP contribution is -2.51. The Morgan fingerprint density at radius 2 is 1.91 bits per heavy atom. The van der Waals surface area contributed by atoms with Crippen LogP contribution in [-0.2, 0) is 22.4 Å². The van der Waals surface area contributed by atoms with E-state index in [9.17, 15) is 18.4 Å². The van der Waals surface area contributed by atoms with Gasteiger partial charge in [-0.2, -0.15) is 5.10 Å². The molecule has 2 aliphatic rings. The van der Waals surface area contributed by atoms with Gasteiger partial charge in [0.2, 0.25) is 5.91 Å². The summed E-state index contributed by atoms with van der Waals surface area (Å²) in [5.74, 6) is -2.09. The molecule has 2 aromatic rings. The fourth-order valence-corrected chi connectivity index (χ4v) is 4.25. The summed E-state index contributed by atoms with van der Waals surface area (Å²) in [6.07, 6.45) is 2.37. The fraction of sp³-hybridized carbons (Fsp3) is 0.500. The molecule has 0 bridgehead atoms. The first-order chi connectivity index (χ1) is 15.5. The largest absolute Gasteiger partial charge is 0.383 e. The third-order valence-corrected chi connectivity index (χ3v) is 5.94. The van der Waals surface area contributed by atoms with Crippen LogP contribution in [0.25, 0.3) is 5.69 Å². The number of ether oxygens (including phenoxy) is 1. The summed E-state index contributed by atoms with van der Waals surface area (Å²) < 4.78 is 33.6. The smallest absolute Gasteiger partial charge is 0.274 e. The summed E-state index contributed by atoms with van der Waals surface area (Å²) in [6, 6.07) is 3.64. The van der Waals surface area contributed by atoms with Crippen LogP contribution in [0.4, 0.5) is 8.78 Å². The van der Waals surface area contributed by atoms with Crippen molar-refractivity contribution in [1.82, 2.24) is 24.9 Å². The highest BCUT2D eigenvalue weighted by Gasteiger charge is 2.31. The average molecular weight is 447 g/mol. The van der Waals surface area contributed by atoms with Crippen LogP contribution < -0.4 is 5.32 Å². The molecule has 10 heteroatoms. The number of nitrogens with one attached hydrogen (secondary N) is 1. The minimum Gasteiger partial charge on any atom is -0.383 e. The van der Waals surface area contributed by atoms with Crippen LogP contribution in [0.1, 0.15) is 28.2 Å². The zero-order valence-electron chi connectivity index (χ0n) is 18.1. The van der Waals surface area contributed by atoms with Gasteiger partial charge in [0.05, 0.1) is 18.8 Å². The van der Waals surface area contributed by atoms with E-state index in [1.807, 2.05) is 4.90 Å². The van der Waals surface area contributed by atoms with Gasteiger partial charge in [0, 0.05) is 57.2 Å². The molecule has 0 unspecified atom stereocenters. The van der Waals surface area contributed by atoms with E-state index in [0.29, 0.717) is 50.7 Å². The van der Waals surface area contributed by atoms with E-state index in [4.69, 9.17) is 4.74 Å². The second kappa shape index (κ2) is 9.74. The quantitative estimate of drug-likeness (QED) is 0.645. The molecule has 8 nitrogen and oxygen atoms in total. The van der Waals surface area contributed by atoms with E-state index in [0.717, 1.165) is 42.7 Å². The molecule has 1 saturated heterocycles. The van der Waals surface area contributed by atoms with Crippen LogP contribution in [0, 0.1) is 11.6 Å². The number of nitrogens with zero attached hydrogens (tertiary/aromatic N) is 4. The van der Waals surface area contributed by atoms with Gasteiger partial charge in [0.25, 0.3) is 5.91 Å². The lowest BCUT2D eigenvalue weighted by molar-refractivity contribution is -0.122. The monoisotopic (exact) mass is 447 g/mol. The van der Waals surface area contributed by atoms with Crippen LogP contribution in [0.15, 0.2) is 18.2 Å². The van der Waals surface area contributed by atoms with E-state index in [1.54, 1.807) is 16.7 Å². The standard InChI is InChI=1S/C22H27F2N5O3/c1-32-12-7-25-20(30)14-27-8-10-28(11-9-27)22(31)21-16-3-2-4-19(16)29(26-21)15-5-6-17(23)18(24)13-15/h5-6,13H,2-4,7-12,14H2,1H3,(H,25,30). The van der Waals surface area contributed by atoms with Crippen LogP contribution in [0.2, 0.25) is 0 Å². The summed E-state index contributed by atoms with van der Waals surface area (Å²) in [7, 11) is 1.58. The molecule has 1 aliphatic heterocycles. The number of carbonyl (C=O) groups excluding carboxylic acids is 2. The predicted octanol–water partition coefficient (Wildman–Crippen LogP) is 1.16. The van der Waals surface area contributed by atoms with Crippen LogP contribution in [0.3, 0.4) is 0 Å². The zero-order valence-corrected chi connectivity index (χ0v) is 18.1. The molecule has 0 atom stereocenters. The second-order valence-electron chi connectivity index (χ2n) is 8.05.